The van der Waals surface area contributed by atoms with E-state index in [0.717, 1.165) is 38.5 Å². The molecule has 1 heteroatoms. The molecule has 0 aromatic heterocycles. The Kier molecular flexibility index (Phi) is 10.5. The van der Waals surface area contributed by atoms with Crippen LogP contribution in [0.25, 0.3) is 78.9 Å². The highest BCUT2D eigenvalue weighted by Crippen LogP contribution is 2.59. The van der Waals surface area contributed by atoms with E-state index in [-0.39, 0.29) is 5.41 Å². The van der Waals surface area contributed by atoms with Crippen LogP contribution in [0.5, 0.6) is 0 Å². The first kappa shape index (κ1) is 48.7. The van der Waals surface area contributed by atoms with Crippen molar-refractivity contribution < 1.29 is 0 Å². The monoisotopic (exact) mass is 1080 g/mol. The predicted octanol–water partition coefficient (Wildman–Crippen LogP) is 21.1. The second-order valence-corrected chi connectivity index (χ2v) is 24.8. The van der Waals surface area contributed by atoms with Crippen molar-refractivity contribution in [3.8, 4) is 66.8 Å². The molecular formula is C84H61N. The smallest absolute Gasteiger partial charge is 0.0713 e. The van der Waals surface area contributed by atoms with Gasteiger partial charge in [-0.3, -0.25) is 0 Å². The molecule has 6 aliphatic rings. The van der Waals surface area contributed by atoms with E-state index >= 15 is 0 Å². The lowest BCUT2D eigenvalue weighted by Gasteiger charge is -2.33. The Bertz CT molecular complexity index is 4810. The Hall–Kier alpha value is -9.82. The second kappa shape index (κ2) is 18.3. The number of hydrogen-bond acceptors (Lipinski definition) is 1. The molecule has 12 aromatic carbocycles. The van der Waals surface area contributed by atoms with Crippen molar-refractivity contribution in [2.45, 2.75) is 63.2 Å². The Balaban J connectivity index is 0.743. The summed E-state index contributed by atoms with van der Waals surface area (Å²) in [6.07, 6.45) is 10.6. The molecule has 0 fully saturated rings. The SMILES string of the molecule is CCC1(CC)c2cc(C=Cc3cccc4c3-c3ccccc3C4(c3ccccc3)c3ccccc3)ccc2-c2ccc(N(c3ccc4c(c3)Cc3cc5c(cc3-4)Cc3ccccc3-5)c3cccc4c3Cc3cc5c(cc3-4)Cc3ccccc3-5)cc21. The molecule has 0 bridgehead atoms. The average molecular weight is 1080 g/mol. The van der Waals surface area contributed by atoms with Crippen molar-refractivity contribution in [2.24, 2.45) is 0 Å². The minimum atomic E-state index is -0.437. The Labute approximate surface area is 498 Å². The molecule has 12 aromatic rings. The van der Waals surface area contributed by atoms with E-state index in [0.29, 0.717) is 0 Å². The van der Waals surface area contributed by atoms with E-state index in [2.05, 4.69) is 280 Å². The van der Waals surface area contributed by atoms with Crippen LogP contribution in [0.1, 0.15) is 116 Å². The number of hydrogen-bond donors (Lipinski definition) is 0. The first-order valence-corrected chi connectivity index (χ1v) is 30.8. The van der Waals surface area contributed by atoms with Gasteiger partial charge in [0.2, 0.25) is 0 Å². The first-order chi connectivity index (χ1) is 42.0. The van der Waals surface area contributed by atoms with Gasteiger partial charge in [0.25, 0.3) is 0 Å². The van der Waals surface area contributed by atoms with Gasteiger partial charge in [-0.05, 0) is 242 Å². The van der Waals surface area contributed by atoms with Crippen LogP contribution < -0.4 is 4.90 Å². The molecular weight excluding hydrogens is 1020 g/mol. The quantitative estimate of drug-likeness (QED) is 0.130. The van der Waals surface area contributed by atoms with Gasteiger partial charge < -0.3 is 4.90 Å². The lowest BCUT2D eigenvalue weighted by molar-refractivity contribution is 0.490. The van der Waals surface area contributed by atoms with Crippen molar-refractivity contribution in [1.82, 2.24) is 0 Å². The van der Waals surface area contributed by atoms with Gasteiger partial charge >= 0.3 is 0 Å². The van der Waals surface area contributed by atoms with E-state index in [1.807, 2.05) is 0 Å². The minimum absolute atomic E-state index is 0.168. The van der Waals surface area contributed by atoms with Gasteiger partial charge in [-0.15, -0.1) is 0 Å². The molecule has 6 aliphatic carbocycles. The third-order valence-corrected chi connectivity index (χ3v) is 20.9. The third kappa shape index (κ3) is 6.87. The van der Waals surface area contributed by atoms with Crippen LogP contribution >= 0.6 is 0 Å². The van der Waals surface area contributed by atoms with Crippen LogP contribution in [0, 0.1) is 0 Å². The van der Waals surface area contributed by atoms with E-state index in [1.54, 1.807) is 0 Å². The number of rotatable bonds is 9. The highest BCUT2D eigenvalue weighted by molar-refractivity contribution is 5.96. The van der Waals surface area contributed by atoms with Gasteiger partial charge in [0.15, 0.2) is 0 Å². The van der Waals surface area contributed by atoms with Crippen LogP contribution in [-0.4, -0.2) is 0 Å². The van der Waals surface area contributed by atoms with Crippen molar-refractivity contribution in [3.05, 3.63) is 338 Å². The van der Waals surface area contributed by atoms with Crippen LogP contribution in [0.4, 0.5) is 17.1 Å². The number of fused-ring (bicyclic) bond motifs is 18. The molecule has 0 spiro atoms. The summed E-state index contributed by atoms with van der Waals surface area (Å²) in [6.45, 7) is 4.82. The van der Waals surface area contributed by atoms with Gasteiger partial charge in [0, 0.05) is 23.2 Å². The van der Waals surface area contributed by atoms with Gasteiger partial charge in [-0.25, -0.2) is 0 Å². The van der Waals surface area contributed by atoms with E-state index in [1.165, 1.54) is 173 Å². The molecule has 1 nitrogen and oxygen atoms in total. The van der Waals surface area contributed by atoms with E-state index in [4.69, 9.17) is 0 Å². The molecule has 0 atom stereocenters. The molecule has 402 valence electrons. The Morgan fingerprint density at radius 2 is 0.812 bits per heavy atom. The Morgan fingerprint density at radius 3 is 1.47 bits per heavy atom. The van der Waals surface area contributed by atoms with Crippen molar-refractivity contribution in [2.75, 3.05) is 4.90 Å². The zero-order valence-corrected chi connectivity index (χ0v) is 48.0. The van der Waals surface area contributed by atoms with Gasteiger partial charge in [0.05, 0.1) is 11.1 Å². The topological polar surface area (TPSA) is 3.24 Å². The van der Waals surface area contributed by atoms with Crippen molar-refractivity contribution in [1.29, 1.82) is 0 Å². The maximum atomic E-state index is 2.63. The fraction of sp³-hybridized carbons (Fsp3) is 0.119. The highest BCUT2D eigenvalue weighted by Gasteiger charge is 2.47. The van der Waals surface area contributed by atoms with Crippen molar-refractivity contribution in [3.63, 3.8) is 0 Å². The van der Waals surface area contributed by atoms with Gasteiger partial charge in [0.1, 0.15) is 0 Å². The summed E-state index contributed by atoms with van der Waals surface area (Å²) in [4.78, 5) is 2.63. The first-order valence-electron chi connectivity index (χ1n) is 30.8. The van der Waals surface area contributed by atoms with E-state index in [9.17, 15) is 0 Å². The Morgan fingerprint density at radius 1 is 0.329 bits per heavy atom. The summed E-state index contributed by atoms with van der Waals surface area (Å²) in [5.74, 6) is 0. The van der Waals surface area contributed by atoms with Crippen LogP contribution in [-0.2, 0) is 36.5 Å². The average Bonchev–Trinajstić information content (AvgIpc) is 1.77. The minimum Gasteiger partial charge on any atom is -0.310 e. The fourth-order valence-corrected chi connectivity index (χ4v) is 17.0. The van der Waals surface area contributed by atoms with Gasteiger partial charge in [-0.2, -0.15) is 0 Å². The van der Waals surface area contributed by atoms with Gasteiger partial charge in [-0.1, -0.05) is 220 Å². The molecule has 85 heavy (non-hydrogen) atoms. The second-order valence-electron chi connectivity index (χ2n) is 24.8. The molecule has 0 N–H and O–H groups in total. The molecule has 0 radical (unpaired) electrons. The predicted molar refractivity (Wildman–Crippen MR) is 354 cm³/mol. The fourth-order valence-electron chi connectivity index (χ4n) is 17.0. The number of benzene rings is 12. The summed E-state index contributed by atoms with van der Waals surface area (Å²) in [7, 11) is 0. The molecule has 18 rings (SSSR count). The molecule has 0 heterocycles. The van der Waals surface area contributed by atoms with Crippen molar-refractivity contribution >= 4 is 29.2 Å². The third-order valence-electron chi connectivity index (χ3n) is 20.9. The zero-order valence-electron chi connectivity index (χ0n) is 48.0. The number of anilines is 3. The summed E-state index contributed by atoms with van der Waals surface area (Å²) in [6, 6.07) is 95.6. The molecule has 0 unspecified atom stereocenters. The zero-order chi connectivity index (χ0) is 56.1. The largest absolute Gasteiger partial charge is 0.310 e. The normalized spacial score (nSPS) is 14.8. The highest BCUT2D eigenvalue weighted by atomic mass is 15.1. The molecule has 0 saturated carbocycles. The molecule has 0 amide bonds. The van der Waals surface area contributed by atoms with Crippen LogP contribution in [0.15, 0.2) is 249 Å². The lowest BCUT2D eigenvalue weighted by atomic mass is 9.67. The molecule has 0 aliphatic heterocycles. The maximum absolute atomic E-state index is 2.63. The number of nitrogens with zero attached hydrogens (tertiary/aromatic N) is 1. The lowest BCUT2D eigenvalue weighted by Crippen LogP contribution is -2.28. The summed E-state index contributed by atoms with van der Waals surface area (Å²) in [5.41, 5.74) is 41.6. The van der Waals surface area contributed by atoms with E-state index < -0.39 is 5.41 Å². The molecule has 0 saturated heterocycles. The summed E-state index contributed by atoms with van der Waals surface area (Å²) < 4.78 is 0. The van der Waals surface area contributed by atoms with Crippen LogP contribution in [0.2, 0.25) is 0 Å². The van der Waals surface area contributed by atoms with Crippen LogP contribution in [0.3, 0.4) is 0 Å². The summed E-state index contributed by atoms with van der Waals surface area (Å²) >= 11 is 0. The standard InChI is InChI=1S/C84H61N/c1-3-83(4-2)79-41-52(33-35-53-21-17-31-78-82(53)71-28-15-16-30-77(71)84(78,61-22-7-5-8-23-61)62-24-9-6-10-25-62)34-38-69(79)70-40-37-64(51-80(70)83)85(63-36-39-67-56(45-63)44-59-47-72-57(46-74(59)67)42-54-19-11-13-26-65(54)72)81-32-18-29-68-75-48-58-43-55-20-12-14-27-66(55)73(58)49-60(75)50-76(68)81/h5-41,45-49,51H,3-4,42-44,50H2,1-2H3. The summed E-state index contributed by atoms with van der Waals surface area (Å²) in [5, 5.41) is 0. The maximum Gasteiger partial charge on any atom is 0.0713 e.